The Bertz CT molecular complexity index is 1730. The van der Waals surface area contributed by atoms with Crippen LogP contribution in [0.15, 0.2) is 85.1 Å². The van der Waals surface area contributed by atoms with E-state index in [0.717, 1.165) is 11.8 Å². The highest BCUT2D eigenvalue weighted by molar-refractivity contribution is 6.34. The minimum absolute atomic E-state index is 0.0320. The predicted molar refractivity (Wildman–Crippen MR) is 157 cm³/mol. The molecule has 0 aliphatic carbocycles. The van der Waals surface area contributed by atoms with Gasteiger partial charge in [-0.3, -0.25) is 14.4 Å². The van der Waals surface area contributed by atoms with Crippen molar-refractivity contribution in [2.24, 2.45) is 5.73 Å². The number of rotatable bonds is 6. The van der Waals surface area contributed by atoms with Gasteiger partial charge in [-0.15, -0.1) is 0 Å². The molecule has 214 valence electrons. The summed E-state index contributed by atoms with van der Waals surface area (Å²) in [6.45, 7) is 1.53. The van der Waals surface area contributed by atoms with E-state index >= 15 is 8.78 Å². The molecule has 0 saturated carbocycles. The lowest BCUT2D eigenvalue weighted by molar-refractivity contribution is -0.117. The molecule has 3 N–H and O–H groups in total. The molecule has 8 nitrogen and oxygen atoms in total. The molecule has 0 saturated heterocycles. The average Bonchev–Trinajstić information content (AvgIpc) is 3.33. The Labute approximate surface area is 245 Å². The van der Waals surface area contributed by atoms with Gasteiger partial charge in [0.05, 0.1) is 34.1 Å². The molecular formula is C31H26ClF2N5O3. The second kappa shape index (κ2) is 11.6. The number of carbonyl (C=O) groups excluding carboxylic acids is 3. The van der Waals surface area contributed by atoms with E-state index in [4.69, 9.17) is 17.3 Å². The smallest absolute Gasteiger partial charge is 0.275 e. The van der Waals surface area contributed by atoms with Gasteiger partial charge in [0, 0.05) is 42.1 Å². The van der Waals surface area contributed by atoms with Crippen LogP contribution in [0.2, 0.25) is 5.02 Å². The van der Waals surface area contributed by atoms with E-state index in [1.807, 2.05) is 13.0 Å². The van der Waals surface area contributed by atoms with Crippen LogP contribution in [0.1, 0.15) is 33.6 Å². The third-order valence-corrected chi connectivity index (χ3v) is 7.10. The number of hydrogen-bond donors (Lipinski definition) is 2. The molecule has 4 aromatic rings. The van der Waals surface area contributed by atoms with Gasteiger partial charge in [0.2, 0.25) is 11.8 Å². The Kier molecular flexibility index (Phi) is 7.91. The van der Waals surface area contributed by atoms with Crippen LogP contribution in [0.3, 0.4) is 0 Å². The van der Waals surface area contributed by atoms with Crippen LogP contribution >= 0.6 is 11.6 Å². The van der Waals surface area contributed by atoms with Gasteiger partial charge in [-0.25, -0.2) is 13.5 Å². The number of fused-ring (bicyclic) bond motifs is 1. The van der Waals surface area contributed by atoms with Crippen LogP contribution in [0.25, 0.3) is 11.3 Å². The number of hydrogen-bond acceptors (Lipinski definition) is 4. The van der Waals surface area contributed by atoms with Gasteiger partial charge in [0.25, 0.3) is 11.8 Å². The van der Waals surface area contributed by atoms with Crippen molar-refractivity contribution in [2.45, 2.75) is 25.7 Å². The number of allylic oxidation sites excluding steroid dienone is 1. The van der Waals surface area contributed by atoms with Crippen molar-refractivity contribution in [3.8, 4) is 5.69 Å². The second-order valence-corrected chi connectivity index (χ2v) is 10.3. The van der Waals surface area contributed by atoms with Crippen LogP contribution in [0, 0.1) is 6.92 Å². The van der Waals surface area contributed by atoms with E-state index in [1.165, 1.54) is 11.0 Å². The van der Waals surface area contributed by atoms with Crippen molar-refractivity contribution >= 4 is 46.3 Å². The number of benzene rings is 3. The van der Waals surface area contributed by atoms with E-state index in [9.17, 15) is 14.4 Å². The molecule has 0 radical (unpaired) electrons. The maximum absolute atomic E-state index is 15.6. The van der Waals surface area contributed by atoms with E-state index in [-0.39, 0.29) is 34.8 Å². The zero-order chi connectivity index (χ0) is 30.0. The first-order chi connectivity index (χ1) is 20.0. The van der Waals surface area contributed by atoms with Crippen molar-refractivity contribution in [2.75, 3.05) is 16.8 Å². The summed E-state index contributed by atoms with van der Waals surface area (Å²) in [6.07, 6.45) is 1.86. The van der Waals surface area contributed by atoms with Gasteiger partial charge in [0.15, 0.2) is 0 Å². The molecule has 0 bridgehead atoms. The maximum atomic E-state index is 15.6. The van der Waals surface area contributed by atoms with Crippen LogP contribution in [-0.4, -0.2) is 40.0 Å². The van der Waals surface area contributed by atoms with Crippen molar-refractivity contribution in [3.05, 3.63) is 112 Å². The number of nitrogens with two attached hydrogens (primary N) is 1. The molecule has 2 heterocycles. The van der Waals surface area contributed by atoms with Gasteiger partial charge < -0.3 is 16.0 Å². The Morgan fingerprint density at radius 2 is 1.86 bits per heavy atom. The maximum Gasteiger partial charge on any atom is 0.275 e. The molecule has 0 spiro atoms. The molecule has 5 rings (SSSR count). The molecule has 1 aliphatic heterocycles. The first kappa shape index (κ1) is 28.7. The minimum atomic E-state index is -3.43. The molecule has 0 atom stereocenters. The zero-order valence-electron chi connectivity index (χ0n) is 22.5. The molecular weight excluding hydrogens is 564 g/mol. The second-order valence-electron chi connectivity index (χ2n) is 9.88. The number of aromatic nitrogens is 2. The Morgan fingerprint density at radius 1 is 1.07 bits per heavy atom. The molecule has 42 heavy (non-hydrogen) atoms. The van der Waals surface area contributed by atoms with Crippen LogP contribution in [0.5, 0.6) is 0 Å². The van der Waals surface area contributed by atoms with Crippen molar-refractivity contribution < 1.29 is 23.2 Å². The highest BCUT2D eigenvalue weighted by Crippen LogP contribution is 2.43. The largest absolute Gasteiger partial charge is 0.369 e. The number of nitrogens with one attached hydrogen (secondary N) is 1. The monoisotopic (exact) mass is 589 g/mol. The van der Waals surface area contributed by atoms with E-state index in [1.54, 1.807) is 71.5 Å². The number of nitrogens with zero attached hydrogens (tertiary/aromatic N) is 3. The van der Waals surface area contributed by atoms with Gasteiger partial charge in [-0.2, -0.15) is 5.10 Å². The van der Waals surface area contributed by atoms with Crippen molar-refractivity contribution in [1.29, 1.82) is 0 Å². The number of primary amides is 1. The SMILES string of the molecule is Cc1ccn(-c2ccc(C(=O)N3CCC(F)(F)/C(=C\C(=O)Nc4cccc(CC(N)=O)c4)c4ccccc43)c(Cl)c2)n1. The molecule has 0 fully saturated rings. The molecule has 0 unspecified atom stereocenters. The van der Waals surface area contributed by atoms with Crippen LogP contribution < -0.4 is 16.0 Å². The standard InChI is InChI=1S/C31H26ClF2N5O3/c1-19-11-13-39(37-19)22-9-10-24(26(32)17-22)30(42)38-14-12-31(33,34)25(23-7-2-3-8-27(23)38)18-29(41)36-21-6-4-5-20(15-21)16-28(35)40/h2-11,13,15,17-18H,12,14,16H2,1H3,(H2,35,40)(H,36,41)/b25-18-. The van der Waals surface area contributed by atoms with Crippen molar-refractivity contribution in [3.63, 3.8) is 0 Å². The first-order valence-corrected chi connectivity index (χ1v) is 13.4. The number of carbonyl (C=O) groups is 3. The normalized spacial score (nSPS) is 15.1. The fourth-order valence-electron chi connectivity index (χ4n) is 4.83. The highest BCUT2D eigenvalue weighted by atomic mass is 35.5. The lowest BCUT2D eigenvalue weighted by Gasteiger charge is -2.23. The molecule has 3 aromatic carbocycles. The third-order valence-electron chi connectivity index (χ3n) is 6.79. The van der Waals surface area contributed by atoms with E-state index in [2.05, 4.69) is 10.4 Å². The Balaban J connectivity index is 1.46. The highest BCUT2D eigenvalue weighted by Gasteiger charge is 2.41. The number of amides is 3. The summed E-state index contributed by atoms with van der Waals surface area (Å²) < 4.78 is 32.8. The lowest BCUT2D eigenvalue weighted by atomic mass is 9.97. The average molecular weight is 590 g/mol. The summed E-state index contributed by atoms with van der Waals surface area (Å²) in [5.41, 5.74) is 7.48. The number of anilines is 2. The number of alkyl halides is 2. The van der Waals surface area contributed by atoms with Crippen molar-refractivity contribution in [1.82, 2.24) is 9.78 Å². The molecule has 1 aromatic heterocycles. The third kappa shape index (κ3) is 6.08. The zero-order valence-corrected chi connectivity index (χ0v) is 23.2. The van der Waals surface area contributed by atoms with E-state index in [0.29, 0.717) is 16.9 Å². The summed E-state index contributed by atoms with van der Waals surface area (Å²) >= 11 is 6.51. The summed E-state index contributed by atoms with van der Waals surface area (Å²) in [5.74, 6) is -5.31. The summed E-state index contributed by atoms with van der Waals surface area (Å²) in [4.78, 5) is 39.2. The summed E-state index contributed by atoms with van der Waals surface area (Å²) in [5, 5.41) is 7.06. The topological polar surface area (TPSA) is 110 Å². The Morgan fingerprint density at radius 3 is 2.57 bits per heavy atom. The quantitative estimate of drug-likeness (QED) is 0.287. The molecule has 3 amide bonds. The van der Waals surface area contributed by atoms with Gasteiger partial charge in [-0.05, 0) is 55.0 Å². The molecule has 1 aliphatic rings. The number of para-hydroxylation sites is 1. The van der Waals surface area contributed by atoms with Gasteiger partial charge in [0.1, 0.15) is 0 Å². The summed E-state index contributed by atoms with van der Waals surface area (Å²) in [7, 11) is 0. The first-order valence-electron chi connectivity index (χ1n) is 13.0. The van der Waals surface area contributed by atoms with Crippen LogP contribution in [-0.2, 0) is 16.0 Å². The minimum Gasteiger partial charge on any atom is -0.369 e. The van der Waals surface area contributed by atoms with Gasteiger partial charge >= 0.3 is 0 Å². The number of halogens is 3. The fourth-order valence-corrected chi connectivity index (χ4v) is 5.08. The van der Waals surface area contributed by atoms with Gasteiger partial charge in [-0.1, -0.05) is 41.9 Å². The lowest BCUT2D eigenvalue weighted by Crippen LogP contribution is -2.33. The predicted octanol–water partition coefficient (Wildman–Crippen LogP) is 5.57. The van der Waals surface area contributed by atoms with E-state index < -0.39 is 35.6 Å². The molecule has 11 heteroatoms. The van der Waals surface area contributed by atoms with Crippen LogP contribution in [0.4, 0.5) is 20.2 Å². The fraction of sp³-hybridized carbons (Fsp3) is 0.161. The Hall–Kier alpha value is -4.83. The summed E-state index contributed by atoms with van der Waals surface area (Å²) in [6, 6.07) is 19.2. The number of aryl methyl sites for hydroxylation is 1.